The minimum atomic E-state index is -4.51. The molecule has 2 aromatic rings. The van der Waals surface area contributed by atoms with Crippen molar-refractivity contribution in [1.29, 1.82) is 0 Å². The molecule has 0 fully saturated rings. The van der Waals surface area contributed by atoms with E-state index in [9.17, 15) is 13.2 Å². The standard InChI is InChI=1S/C13H5Cl4F3/c14-8-2-6(1-7(3-8)13(18,19)20)10-4-9(15)5-11(16)12(10)17/h1-5H. The monoisotopic (exact) mass is 358 g/mol. The maximum atomic E-state index is 12.8. The van der Waals surface area contributed by atoms with Gasteiger partial charge in [0.2, 0.25) is 0 Å². The number of rotatable bonds is 1. The van der Waals surface area contributed by atoms with Crippen LogP contribution in [0.3, 0.4) is 0 Å². The van der Waals surface area contributed by atoms with Crippen LogP contribution in [-0.2, 0) is 6.18 Å². The van der Waals surface area contributed by atoms with Gasteiger partial charge in [0.25, 0.3) is 0 Å². The van der Waals surface area contributed by atoms with E-state index in [1.165, 1.54) is 18.2 Å². The first-order valence-electron chi connectivity index (χ1n) is 5.21. The Kier molecular flexibility index (Phi) is 4.45. The van der Waals surface area contributed by atoms with Crippen molar-refractivity contribution in [3.8, 4) is 11.1 Å². The van der Waals surface area contributed by atoms with Gasteiger partial charge in [0.15, 0.2) is 0 Å². The van der Waals surface area contributed by atoms with Crippen molar-refractivity contribution in [1.82, 2.24) is 0 Å². The molecule has 2 aromatic carbocycles. The van der Waals surface area contributed by atoms with Gasteiger partial charge < -0.3 is 0 Å². The van der Waals surface area contributed by atoms with Gasteiger partial charge in [-0.05, 0) is 35.9 Å². The minimum Gasteiger partial charge on any atom is -0.166 e. The number of halogens is 7. The Balaban J connectivity index is 2.68. The summed E-state index contributed by atoms with van der Waals surface area (Å²) in [7, 11) is 0. The lowest BCUT2D eigenvalue weighted by atomic mass is 10.0. The summed E-state index contributed by atoms with van der Waals surface area (Å²) in [6, 6.07) is 5.99. The van der Waals surface area contributed by atoms with Crippen LogP contribution >= 0.6 is 46.4 Å². The molecule has 0 aliphatic rings. The van der Waals surface area contributed by atoms with Crippen molar-refractivity contribution in [2.75, 3.05) is 0 Å². The van der Waals surface area contributed by atoms with E-state index in [-0.39, 0.29) is 31.2 Å². The minimum absolute atomic E-state index is 0.0537. The number of alkyl halides is 3. The summed E-state index contributed by atoms with van der Waals surface area (Å²) in [6.07, 6.45) is -4.51. The second-order valence-electron chi connectivity index (χ2n) is 3.98. The molecule has 0 saturated carbocycles. The molecule has 0 radical (unpaired) electrons. The summed E-state index contributed by atoms with van der Waals surface area (Å²) >= 11 is 23.4. The predicted octanol–water partition coefficient (Wildman–Crippen LogP) is 6.99. The quantitative estimate of drug-likeness (QED) is 0.481. The highest BCUT2D eigenvalue weighted by molar-refractivity contribution is 6.45. The summed E-state index contributed by atoms with van der Waals surface area (Å²) in [5.74, 6) is 0. The highest BCUT2D eigenvalue weighted by Gasteiger charge is 2.31. The van der Waals surface area contributed by atoms with E-state index in [0.717, 1.165) is 12.1 Å². The van der Waals surface area contributed by atoms with Crippen LogP contribution in [0.1, 0.15) is 5.56 Å². The molecule has 7 heteroatoms. The van der Waals surface area contributed by atoms with E-state index in [4.69, 9.17) is 46.4 Å². The van der Waals surface area contributed by atoms with Crippen LogP contribution in [0.15, 0.2) is 30.3 Å². The van der Waals surface area contributed by atoms with Crippen molar-refractivity contribution in [2.24, 2.45) is 0 Å². The Morgan fingerprint density at radius 3 is 1.95 bits per heavy atom. The molecule has 20 heavy (non-hydrogen) atoms. The van der Waals surface area contributed by atoms with Gasteiger partial charge >= 0.3 is 6.18 Å². The third-order valence-corrected chi connectivity index (χ3v) is 3.77. The number of hydrogen-bond donors (Lipinski definition) is 0. The van der Waals surface area contributed by atoms with E-state index in [1.54, 1.807) is 0 Å². The first kappa shape index (κ1) is 15.8. The fourth-order valence-corrected chi connectivity index (χ4v) is 2.62. The maximum absolute atomic E-state index is 12.8. The van der Waals surface area contributed by atoms with Crippen LogP contribution in [0.25, 0.3) is 11.1 Å². The molecule has 0 aromatic heterocycles. The Bertz CT molecular complexity index is 665. The average molecular weight is 360 g/mol. The van der Waals surface area contributed by atoms with Crippen molar-refractivity contribution < 1.29 is 13.2 Å². The van der Waals surface area contributed by atoms with Crippen molar-refractivity contribution >= 4 is 46.4 Å². The van der Waals surface area contributed by atoms with Gasteiger partial charge in [0, 0.05) is 15.6 Å². The molecule has 0 aliphatic carbocycles. The van der Waals surface area contributed by atoms with Crippen LogP contribution in [0.5, 0.6) is 0 Å². The second kappa shape index (κ2) is 5.64. The third-order valence-electron chi connectivity index (χ3n) is 2.53. The van der Waals surface area contributed by atoms with Gasteiger partial charge in [-0.15, -0.1) is 0 Å². The molecular formula is C13H5Cl4F3. The normalized spacial score (nSPS) is 11.8. The molecule has 0 spiro atoms. The molecule has 0 N–H and O–H groups in total. The zero-order valence-electron chi connectivity index (χ0n) is 9.53. The fourth-order valence-electron chi connectivity index (χ4n) is 1.67. The lowest BCUT2D eigenvalue weighted by molar-refractivity contribution is -0.137. The number of hydrogen-bond acceptors (Lipinski definition) is 0. The molecular weight excluding hydrogens is 355 g/mol. The zero-order chi connectivity index (χ0) is 15.1. The Hall–Kier alpha value is -0.610. The average Bonchev–Trinajstić information content (AvgIpc) is 2.32. The highest BCUT2D eigenvalue weighted by atomic mass is 35.5. The first-order valence-corrected chi connectivity index (χ1v) is 6.72. The second-order valence-corrected chi connectivity index (χ2v) is 5.63. The maximum Gasteiger partial charge on any atom is 0.416 e. The van der Waals surface area contributed by atoms with Crippen LogP contribution in [-0.4, -0.2) is 0 Å². The molecule has 0 amide bonds. The largest absolute Gasteiger partial charge is 0.416 e. The molecule has 2 rings (SSSR count). The van der Waals surface area contributed by atoms with Gasteiger partial charge in [-0.2, -0.15) is 13.2 Å². The van der Waals surface area contributed by atoms with Crippen LogP contribution in [0.4, 0.5) is 13.2 Å². The Morgan fingerprint density at radius 2 is 1.35 bits per heavy atom. The summed E-state index contributed by atoms with van der Waals surface area (Å²) in [6.45, 7) is 0. The SMILES string of the molecule is FC(F)(F)c1cc(Cl)cc(-c2cc(Cl)cc(Cl)c2Cl)c1. The third kappa shape index (κ3) is 3.34. The lowest BCUT2D eigenvalue weighted by Crippen LogP contribution is -2.04. The van der Waals surface area contributed by atoms with Crippen LogP contribution in [0.2, 0.25) is 20.1 Å². The zero-order valence-corrected chi connectivity index (χ0v) is 12.6. The fraction of sp³-hybridized carbons (Fsp3) is 0.0769. The van der Waals surface area contributed by atoms with Gasteiger partial charge in [-0.3, -0.25) is 0 Å². The van der Waals surface area contributed by atoms with Gasteiger partial charge in [0.1, 0.15) is 0 Å². The summed E-state index contributed by atoms with van der Waals surface area (Å²) in [5.41, 5.74) is -0.386. The van der Waals surface area contributed by atoms with E-state index in [1.807, 2.05) is 0 Å². The van der Waals surface area contributed by atoms with E-state index in [0.29, 0.717) is 0 Å². The molecule has 0 atom stereocenters. The summed E-state index contributed by atoms with van der Waals surface area (Å²) in [4.78, 5) is 0. The Morgan fingerprint density at radius 1 is 0.750 bits per heavy atom. The molecule has 0 heterocycles. The van der Waals surface area contributed by atoms with E-state index in [2.05, 4.69) is 0 Å². The Labute approximate surface area is 133 Å². The molecule has 0 bridgehead atoms. The van der Waals surface area contributed by atoms with Gasteiger partial charge in [-0.25, -0.2) is 0 Å². The van der Waals surface area contributed by atoms with E-state index >= 15 is 0 Å². The van der Waals surface area contributed by atoms with Crippen molar-refractivity contribution in [3.63, 3.8) is 0 Å². The molecule has 0 unspecified atom stereocenters. The number of benzene rings is 2. The first-order chi connectivity index (χ1) is 9.18. The lowest BCUT2D eigenvalue weighted by Gasteiger charge is -2.12. The van der Waals surface area contributed by atoms with E-state index < -0.39 is 11.7 Å². The smallest absolute Gasteiger partial charge is 0.166 e. The molecule has 0 aliphatic heterocycles. The molecule has 0 nitrogen and oxygen atoms in total. The van der Waals surface area contributed by atoms with Gasteiger partial charge in [0.05, 0.1) is 15.6 Å². The predicted molar refractivity (Wildman–Crippen MR) is 76.9 cm³/mol. The molecule has 0 saturated heterocycles. The van der Waals surface area contributed by atoms with Crippen molar-refractivity contribution in [3.05, 3.63) is 56.0 Å². The summed E-state index contributed by atoms with van der Waals surface area (Å²) in [5, 5.41) is 0.485. The molecule has 106 valence electrons. The van der Waals surface area contributed by atoms with Gasteiger partial charge in [-0.1, -0.05) is 46.4 Å². The topological polar surface area (TPSA) is 0 Å². The summed E-state index contributed by atoms with van der Waals surface area (Å²) < 4.78 is 38.3. The van der Waals surface area contributed by atoms with Crippen LogP contribution in [0, 0.1) is 0 Å². The highest BCUT2D eigenvalue weighted by Crippen LogP contribution is 2.40. The van der Waals surface area contributed by atoms with Crippen LogP contribution < -0.4 is 0 Å². The van der Waals surface area contributed by atoms with Crippen molar-refractivity contribution in [2.45, 2.75) is 6.18 Å².